The number of nitrogens with zero attached hydrogens (tertiary/aromatic N) is 2. The number of benzene rings is 1. The Labute approximate surface area is 110 Å². The average Bonchev–Trinajstić information content (AvgIpc) is 2.39. The van der Waals surface area contributed by atoms with E-state index >= 15 is 0 Å². The molecule has 0 aliphatic carbocycles. The Morgan fingerprint density at radius 2 is 2.35 bits per heavy atom. The maximum atomic E-state index is 9.24. The SMILES string of the molecule is N#Cc1ccc(Br)cc1N1CCCC(CO)C1. The molecule has 3 nitrogen and oxygen atoms in total. The van der Waals surface area contributed by atoms with Crippen molar-refractivity contribution >= 4 is 21.6 Å². The Balaban J connectivity index is 2.27. The largest absolute Gasteiger partial charge is 0.396 e. The molecule has 1 aliphatic rings. The molecule has 0 spiro atoms. The predicted octanol–water partition coefficient (Wildman–Crippen LogP) is 2.53. The molecule has 0 saturated carbocycles. The smallest absolute Gasteiger partial charge is 0.101 e. The van der Waals surface area contributed by atoms with Gasteiger partial charge in [-0.05, 0) is 37.0 Å². The number of aliphatic hydroxyl groups is 1. The molecule has 1 aromatic rings. The van der Waals surface area contributed by atoms with Gasteiger partial charge in [0.2, 0.25) is 0 Å². The summed E-state index contributed by atoms with van der Waals surface area (Å²) < 4.78 is 0.984. The second kappa shape index (κ2) is 5.52. The van der Waals surface area contributed by atoms with Crippen LogP contribution >= 0.6 is 15.9 Å². The van der Waals surface area contributed by atoms with Crippen molar-refractivity contribution in [2.24, 2.45) is 5.92 Å². The Hall–Kier alpha value is -1.05. The van der Waals surface area contributed by atoms with E-state index in [4.69, 9.17) is 5.26 Å². The average molecular weight is 295 g/mol. The van der Waals surface area contributed by atoms with Crippen LogP contribution in [0, 0.1) is 17.2 Å². The highest BCUT2D eigenvalue weighted by Crippen LogP contribution is 2.28. The zero-order chi connectivity index (χ0) is 12.3. The molecule has 4 heteroatoms. The summed E-state index contributed by atoms with van der Waals surface area (Å²) in [4.78, 5) is 2.20. The van der Waals surface area contributed by atoms with Gasteiger partial charge in [-0.2, -0.15) is 5.26 Å². The number of aliphatic hydroxyl groups excluding tert-OH is 1. The van der Waals surface area contributed by atoms with E-state index in [-0.39, 0.29) is 6.61 Å². The fourth-order valence-corrected chi connectivity index (χ4v) is 2.64. The maximum absolute atomic E-state index is 9.24. The summed E-state index contributed by atoms with van der Waals surface area (Å²) in [6.07, 6.45) is 2.14. The van der Waals surface area contributed by atoms with Gasteiger partial charge in [-0.3, -0.25) is 0 Å². The molecule has 0 amide bonds. The van der Waals surface area contributed by atoms with E-state index in [0.717, 1.165) is 36.1 Å². The lowest BCUT2D eigenvalue weighted by atomic mass is 9.98. The predicted molar refractivity (Wildman–Crippen MR) is 70.9 cm³/mol. The van der Waals surface area contributed by atoms with Crippen LogP contribution in [0.1, 0.15) is 18.4 Å². The Kier molecular flexibility index (Phi) is 4.03. The van der Waals surface area contributed by atoms with Gasteiger partial charge in [0.1, 0.15) is 6.07 Å². The summed E-state index contributed by atoms with van der Waals surface area (Å²) in [6.45, 7) is 2.02. The van der Waals surface area contributed by atoms with Crippen molar-refractivity contribution in [2.45, 2.75) is 12.8 Å². The monoisotopic (exact) mass is 294 g/mol. The van der Waals surface area contributed by atoms with Gasteiger partial charge >= 0.3 is 0 Å². The van der Waals surface area contributed by atoms with E-state index in [1.54, 1.807) is 0 Å². The first-order valence-corrected chi connectivity index (χ1v) is 6.59. The van der Waals surface area contributed by atoms with Crippen molar-refractivity contribution in [3.63, 3.8) is 0 Å². The Morgan fingerprint density at radius 3 is 3.06 bits per heavy atom. The number of hydrogen-bond acceptors (Lipinski definition) is 3. The second-order valence-corrected chi connectivity index (χ2v) is 5.33. The molecular formula is C13H15BrN2O. The third kappa shape index (κ3) is 2.80. The first-order valence-electron chi connectivity index (χ1n) is 5.80. The summed E-state index contributed by atoms with van der Waals surface area (Å²) in [5, 5.41) is 18.4. The Bertz CT molecular complexity index is 442. The molecule has 0 radical (unpaired) electrons. The van der Waals surface area contributed by atoms with Crippen molar-refractivity contribution in [1.82, 2.24) is 0 Å². The minimum atomic E-state index is 0.229. The van der Waals surface area contributed by atoms with E-state index in [0.29, 0.717) is 11.5 Å². The fourth-order valence-electron chi connectivity index (χ4n) is 2.29. The zero-order valence-electron chi connectivity index (χ0n) is 9.56. The number of anilines is 1. The summed E-state index contributed by atoms with van der Waals surface area (Å²) in [6, 6.07) is 7.93. The van der Waals surface area contributed by atoms with Crippen molar-refractivity contribution in [3.05, 3.63) is 28.2 Å². The van der Waals surface area contributed by atoms with Gasteiger partial charge in [0.25, 0.3) is 0 Å². The first kappa shape index (κ1) is 12.4. The van der Waals surface area contributed by atoms with Crippen LogP contribution < -0.4 is 4.90 Å². The van der Waals surface area contributed by atoms with Gasteiger partial charge in [0, 0.05) is 24.2 Å². The number of nitriles is 1. The van der Waals surface area contributed by atoms with Crippen LogP contribution in [0.5, 0.6) is 0 Å². The summed E-state index contributed by atoms with van der Waals surface area (Å²) in [5.41, 5.74) is 1.67. The van der Waals surface area contributed by atoms with Crippen molar-refractivity contribution in [2.75, 3.05) is 24.6 Å². The topological polar surface area (TPSA) is 47.3 Å². The Morgan fingerprint density at radius 1 is 1.53 bits per heavy atom. The molecule has 2 rings (SSSR count). The minimum absolute atomic E-state index is 0.229. The molecule has 1 saturated heterocycles. The molecule has 0 aromatic heterocycles. The lowest BCUT2D eigenvalue weighted by molar-refractivity contribution is 0.208. The van der Waals surface area contributed by atoms with Crippen LogP contribution in [-0.4, -0.2) is 24.8 Å². The van der Waals surface area contributed by atoms with Gasteiger partial charge in [0.05, 0.1) is 11.3 Å². The van der Waals surface area contributed by atoms with Crippen molar-refractivity contribution in [1.29, 1.82) is 5.26 Å². The van der Waals surface area contributed by atoms with Crippen LogP contribution in [-0.2, 0) is 0 Å². The zero-order valence-corrected chi connectivity index (χ0v) is 11.2. The molecule has 1 aliphatic heterocycles. The molecule has 17 heavy (non-hydrogen) atoms. The highest BCUT2D eigenvalue weighted by Gasteiger charge is 2.21. The summed E-state index contributed by atoms with van der Waals surface area (Å²) in [5.74, 6) is 0.328. The van der Waals surface area contributed by atoms with Gasteiger partial charge in [0.15, 0.2) is 0 Å². The summed E-state index contributed by atoms with van der Waals surface area (Å²) in [7, 11) is 0. The van der Waals surface area contributed by atoms with E-state index < -0.39 is 0 Å². The third-order valence-electron chi connectivity index (χ3n) is 3.20. The van der Waals surface area contributed by atoms with Crippen LogP contribution in [0.15, 0.2) is 22.7 Å². The molecule has 0 bridgehead atoms. The molecule has 1 heterocycles. The molecule has 1 N–H and O–H groups in total. The number of halogens is 1. The van der Waals surface area contributed by atoms with Crippen LogP contribution in [0.2, 0.25) is 0 Å². The van der Waals surface area contributed by atoms with Gasteiger partial charge in [-0.1, -0.05) is 15.9 Å². The van der Waals surface area contributed by atoms with Gasteiger partial charge in [-0.15, -0.1) is 0 Å². The standard InChI is InChI=1S/C13H15BrN2O/c14-12-4-3-11(7-15)13(6-12)16-5-1-2-10(8-16)9-17/h3-4,6,10,17H,1-2,5,8-9H2. The van der Waals surface area contributed by atoms with E-state index in [1.165, 1.54) is 0 Å². The normalized spacial score (nSPS) is 20.1. The van der Waals surface area contributed by atoms with E-state index in [9.17, 15) is 5.11 Å². The highest BCUT2D eigenvalue weighted by atomic mass is 79.9. The lowest BCUT2D eigenvalue weighted by Gasteiger charge is -2.34. The van der Waals surface area contributed by atoms with Crippen LogP contribution in [0.3, 0.4) is 0 Å². The molecule has 1 unspecified atom stereocenters. The van der Waals surface area contributed by atoms with Crippen LogP contribution in [0.25, 0.3) is 0 Å². The lowest BCUT2D eigenvalue weighted by Crippen LogP contribution is -2.37. The third-order valence-corrected chi connectivity index (χ3v) is 3.69. The molecule has 1 aromatic carbocycles. The number of piperidine rings is 1. The van der Waals surface area contributed by atoms with E-state index in [1.807, 2.05) is 18.2 Å². The summed E-state index contributed by atoms with van der Waals surface area (Å²) >= 11 is 3.44. The van der Waals surface area contributed by atoms with E-state index in [2.05, 4.69) is 26.9 Å². The molecule has 90 valence electrons. The molecular weight excluding hydrogens is 280 g/mol. The first-order chi connectivity index (χ1) is 8.24. The quantitative estimate of drug-likeness (QED) is 0.912. The minimum Gasteiger partial charge on any atom is -0.396 e. The van der Waals surface area contributed by atoms with Gasteiger partial charge < -0.3 is 10.0 Å². The van der Waals surface area contributed by atoms with Crippen LogP contribution in [0.4, 0.5) is 5.69 Å². The highest BCUT2D eigenvalue weighted by molar-refractivity contribution is 9.10. The maximum Gasteiger partial charge on any atom is 0.101 e. The second-order valence-electron chi connectivity index (χ2n) is 4.41. The molecule has 1 atom stereocenters. The number of rotatable bonds is 2. The van der Waals surface area contributed by atoms with Gasteiger partial charge in [-0.25, -0.2) is 0 Å². The molecule has 1 fully saturated rings. The number of hydrogen-bond donors (Lipinski definition) is 1. The fraction of sp³-hybridized carbons (Fsp3) is 0.462. The van der Waals surface area contributed by atoms with Crippen molar-refractivity contribution in [3.8, 4) is 6.07 Å². The van der Waals surface area contributed by atoms with Crippen molar-refractivity contribution < 1.29 is 5.11 Å².